The first-order chi connectivity index (χ1) is 14.1. The van der Waals surface area contributed by atoms with Crippen molar-refractivity contribution in [1.82, 2.24) is 9.88 Å². The standard InChI is InChI=1S/C22H27N3O4/c1-2-3-13-28-17-8-6-16(7-9-17)22(27)25-12-4-5-19(15-25)29-18-10-11-24-20(14-18)21(23)26/h6-11,14,19H,2-5,12-13,15H2,1H3,(H2,23,26). The molecule has 1 aromatic heterocycles. The number of nitrogens with two attached hydrogens (primary N) is 1. The number of aromatic nitrogens is 1. The average molecular weight is 397 g/mol. The Hall–Kier alpha value is -3.09. The lowest BCUT2D eigenvalue weighted by Gasteiger charge is -2.33. The molecule has 0 saturated carbocycles. The number of ether oxygens (including phenoxy) is 2. The maximum Gasteiger partial charge on any atom is 0.267 e. The number of piperidine rings is 1. The van der Waals surface area contributed by atoms with E-state index >= 15 is 0 Å². The number of hydrogen-bond donors (Lipinski definition) is 1. The Morgan fingerprint density at radius 2 is 2.00 bits per heavy atom. The predicted molar refractivity (Wildman–Crippen MR) is 109 cm³/mol. The van der Waals surface area contributed by atoms with Gasteiger partial charge in [0.1, 0.15) is 23.3 Å². The summed E-state index contributed by atoms with van der Waals surface area (Å²) in [4.78, 5) is 29.9. The summed E-state index contributed by atoms with van der Waals surface area (Å²) < 4.78 is 11.6. The summed E-state index contributed by atoms with van der Waals surface area (Å²) in [6.45, 7) is 3.98. The van der Waals surface area contributed by atoms with Crippen LogP contribution in [-0.4, -0.2) is 47.5 Å². The second-order valence-electron chi connectivity index (χ2n) is 7.10. The molecule has 154 valence electrons. The Kier molecular flexibility index (Phi) is 7.05. The maximum absolute atomic E-state index is 12.9. The first kappa shape index (κ1) is 20.6. The number of nitrogens with zero attached hydrogens (tertiary/aromatic N) is 2. The molecule has 0 aliphatic carbocycles. The van der Waals surface area contributed by atoms with Crippen LogP contribution in [0.25, 0.3) is 0 Å². The Morgan fingerprint density at radius 3 is 2.72 bits per heavy atom. The highest BCUT2D eigenvalue weighted by atomic mass is 16.5. The fourth-order valence-corrected chi connectivity index (χ4v) is 3.24. The molecule has 2 heterocycles. The summed E-state index contributed by atoms with van der Waals surface area (Å²) >= 11 is 0. The molecule has 2 N–H and O–H groups in total. The molecule has 1 fully saturated rings. The first-order valence-electron chi connectivity index (χ1n) is 10.0. The molecule has 0 radical (unpaired) electrons. The van der Waals surface area contributed by atoms with Crippen LogP contribution in [0, 0.1) is 0 Å². The third-order valence-corrected chi connectivity index (χ3v) is 4.82. The van der Waals surface area contributed by atoms with Gasteiger partial charge in [-0.15, -0.1) is 0 Å². The van der Waals surface area contributed by atoms with E-state index < -0.39 is 5.91 Å². The number of primary amides is 1. The van der Waals surface area contributed by atoms with E-state index in [2.05, 4.69) is 11.9 Å². The van der Waals surface area contributed by atoms with E-state index in [0.717, 1.165) is 31.4 Å². The van der Waals surface area contributed by atoms with Crippen LogP contribution in [-0.2, 0) is 0 Å². The van der Waals surface area contributed by atoms with Crippen molar-refractivity contribution in [2.75, 3.05) is 19.7 Å². The lowest BCUT2D eigenvalue weighted by atomic mass is 10.1. The lowest BCUT2D eigenvalue weighted by Crippen LogP contribution is -2.44. The van der Waals surface area contributed by atoms with Crippen molar-refractivity contribution in [1.29, 1.82) is 0 Å². The average Bonchev–Trinajstić information content (AvgIpc) is 2.74. The fraction of sp³-hybridized carbons (Fsp3) is 0.409. The topological polar surface area (TPSA) is 94.8 Å². The van der Waals surface area contributed by atoms with Gasteiger partial charge in [-0.2, -0.15) is 0 Å². The molecular weight excluding hydrogens is 370 g/mol. The Labute approximate surface area is 170 Å². The molecule has 1 saturated heterocycles. The molecule has 2 aromatic rings. The second-order valence-corrected chi connectivity index (χ2v) is 7.10. The van der Waals surface area contributed by atoms with Crippen molar-refractivity contribution >= 4 is 11.8 Å². The number of carbonyl (C=O) groups excluding carboxylic acids is 2. The van der Waals surface area contributed by atoms with Gasteiger partial charge in [-0.25, -0.2) is 0 Å². The summed E-state index contributed by atoms with van der Waals surface area (Å²) in [5, 5.41) is 0. The summed E-state index contributed by atoms with van der Waals surface area (Å²) in [6.07, 6.45) is 5.12. The number of unbranched alkanes of at least 4 members (excludes halogenated alkanes) is 1. The first-order valence-corrected chi connectivity index (χ1v) is 10.0. The Bertz CT molecular complexity index is 838. The molecule has 1 unspecified atom stereocenters. The van der Waals surface area contributed by atoms with Crippen LogP contribution < -0.4 is 15.2 Å². The van der Waals surface area contributed by atoms with E-state index in [1.54, 1.807) is 23.1 Å². The zero-order valence-electron chi connectivity index (χ0n) is 16.7. The van der Waals surface area contributed by atoms with Crippen LogP contribution in [0.15, 0.2) is 42.6 Å². The smallest absolute Gasteiger partial charge is 0.267 e. The minimum absolute atomic E-state index is 0.0223. The van der Waals surface area contributed by atoms with Crippen LogP contribution in [0.5, 0.6) is 11.5 Å². The number of amides is 2. The zero-order chi connectivity index (χ0) is 20.6. The Balaban J connectivity index is 1.59. The number of likely N-dealkylation sites (tertiary alicyclic amines) is 1. The minimum Gasteiger partial charge on any atom is -0.494 e. The van der Waals surface area contributed by atoms with Crippen molar-refractivity contribution in [3.8, 4) is 11.5 Å². The van der Waals surface area contributed by atoms with Crippen molar-refractivity contribution in [2.45, 2.75) is 38.7 Å². The molecule has 7 nitrogen and oxygen atoms in total. The number of pyridine rings is 1. The quantitative estimate of drug-likeness (QED) is 0.691. The van der Waals surface area contributed by atoms with Gasteiger partial charge in [-0.3, -0.25) is 14.6 Å². The fourth-order valence-electron chi connectivity index (χ4n) is 3.24. The summed E-state index contributed by atoms with van der Waals surface area (Å²) in [7, 11) is 0. The SMILES string of the molecule is CCCCOc1ccc(C(=O)N2CCCC(Oc3ccnc(C(N)=O)c3)C2)cc1. The predicted octanol–water partition coefficient (Wildman–Crippen LogP) is 3.04. The lowest BCUT2D eigenvalue weighted by molar-refractivity contribution is 0.0537. The normalized spacial score (nSPS) is 16.3. The molecule has 1 aromatic carbocycles. The molecule has 2 amide bonds. The zero-order valence-corrected chi connectivity index (χ0v) is 16.7. The molecule has 1 atom stereocenters. The molecule has 3 rings (SSSR count). The van der Waals surface area contributed by atoms with Crippen LogP contribution in [0.1, 0.15) is 53.5 Å². The van der Waals surface area contributed by atoms with Gasteiger partial charge in [-0.1, -0.05) is 13.3 Å². The van der Waals surface area contributed by atoms with Crippen molar-refractivity contribution in [3.05, 3.63) is 53.9 Å². The number of hydrogen-bond acceptors (Lipinski definition) is 5. The molecule has 0 spiro atoms. The van der Waals surface area contributed by atoms with E-state index in [4.69, 9.17) is 15.2 Å². The van der Waals surface area contributed by atoms with Crippen molar-refractivity contribution in [3.63, 3.8) is 0 Å². The van der Waals surface area contributed by atoms with Gasteiger partial charge in [0.2, 0.25) is 0 Å². The van der Waals surface area contributed by atoms with E-state index in [1.807, 2.05) is 12.1 Å². The molecule has 1 aliphatic heterocycles. The molecule has 0 bridgehead atoms. The number of benzene rings is 1. The highest BCUT2D eigenvalue weighted by Gasteiger charge is 2.26. The van der Waals surface area contributed by atoms with E-state index in [1.165, 1.54) is 12.3 Å². The molecule has 7 heteroatoms. The highest BCUT2D eigenvalue weighted by molar-refractivity contribution is 5.94. The third kappa shape index (κ3) is 5.70. The van der Waals surface area contributed by atoms with Gasteiger partial charge in [0.15, 0.2) is 0 Å². The van der Waals surface area contributed by atoms with Gasteiger partial charge in [-0.05, 0) is 49.6 Å². The number of rotatable bonds is 8. The van der Waals surface area contributed by atoms with Gasteiger partial charge in [0.25, 0.3) is 11.8 Å². The summed E-state index contributed by atoms with van der Waals surface area (Å²) in [5.74, 6) is 0.684. The van der Waals surface area contributed by atoms with E-state index in [0.29, 0.717) is 31.0 Å². The van der Waals surface area contributed by atoms with Gasteiger partial charge in [0, 0.05) is 24.4 Å². The van der Waals surface area contributed by atoms with Gasteiger partial charge in [0.05, 0.1) is 13.2 Å². The summed E-state index contributed by atoms with van der Waals surface area (Å²) in [5.41, 5.74) is 6.06. The van der Waals surface area contributed by atoms with Gasteiger partial charge < -0.3 is 20.1 Å². The summed E-state index contributed by atoms with van der Waals surface area (Å²) in [6, 6.07) is 10.5. The molecule has 29 heavy (non-hydrogen) atoms. The Morgan fingerprint density at radius 1 is 1.21 bits per heavy atom. The van der Waals surface area contributed by atoms with Crippen molar-refractivity contribution in [2.24, 2.45) is 5.73 Å². The highest BCUT2D eigenvalue weighted by Crippen LogP contribution is 2.21. The van der Waals surface area contributed by atoms with Crippen LogP contribution in [0.3, 0.4) is 0 Å². The largest absolute Gasteiger partial charge is 0.494 e. The van der Waals surface area contributed by atoms with Crippen molar-refractivity contribution < 1.29 is 19.1 Å². The van der Waals surface area contributed by atoms with E-state index in [9.17, 15) is 9.59 Å². The minimum atomic E-state index is -0.599. The van der Waals surface area contributed by atoms with Crippen LogP contribution >= 0.6 is 0 Å². The van der Waals surface area contributed by atoms with Crippen LogP contribution in [0.4, 0.5) is 0 Å². The number of carbonyl (C=O) groups is 2. The van der Waals surface area contributed by atoms with Crippen LogP contribution in [0.2, 0.25) is 0 Å². The second kappa shape index (κ2) is 9.91. The van der Waals surface area contributed by atoms with E-state index in [-0.39, 0.29) is 17.7 Å². The molecule has 1 aliphatic rings. The third-order valence-electron chi connectivity index (χ3n) is 4.82. The van der Waals surface area contributed by atoms with Gasteiger partial charge >= 0.3 is 0 Å². The molecular formula is C22H27N3O4. The monoisotopic (exact) mass is 397 g/mol. The maximum atomic E-state index is 12.9.